The molecule has 0 aromatic heterocycles. The minimum Gasteiger partial charge on any atom is -0.369 e. The molecule has 0 radical (unpaired) electrons. The summed E-state index contributed by atoms with van der Waals surface area (Å²) >= 11 is 1.63. The number of amides is 3. The third-order valence-corrected chi connectivity index (χ3v) is 7.34. The predicted octanol–water partition coefficient (Wildman–Crippen LogP) is 2.84. The summed E-state index contributed by atoms with van der Waals surface area (Å²) in [4.78, 5) is 40.3. The Morgan fingerprint density at radius 2 is 1.68 bits per heavy atom. The standard InChI is InChI=1S/C24H27N3O3S/c25-22(29)18-11-13-26(14-12-18)23(30)19-6-8-20(9-7-19)24-27(21(28)16-31-24)15-10-17-4-2-1-3-5-17/h1-9,18,24H,10-16H2,(H2,25,29). The normalized spacial score (nSPS) is 19.6. The van der Waals surface area contributed by atoms with Gasteiger partial charge in [0.2, 0.25) is 11.8 Å². The Morgan fingerprint density at radius 1 is 1.00 bits per heavy atom. The van der Waals surface area contributed by atoms with Gasteiger partial charge < -0.3 is 15.5 Å². The largest absolute Gasteiger partial charge is 0.369 e. The van der Waals surface area contributed by atoms with Crippen molar-refractivity contribution in [1.29, 1.82) is 0 Å². The van der Waals surface area contributed by atoms with Crippen LogP contribution in [-0.4, -0.2) is 52.9 Å². The Kier molecular flexibility index (Phi) is 6.61. The van der Waals surface area contributed by atoms with Crippen molar-refractivity contribution in [2.24, 2.45) is 11.7 Å². The van der Waals surface area contributed by atoms with Gasteiger partial charge in [-0.1, -0.05) is 42.5 Å². The van der Waals surface area contributed by atoms with Crippen LogP contribution in [-0.2, 0) is 16.0 Å². The molecule has 0 saturated carbocycles. The van der Waals surface area contributed by atoms with Gasteiger partial charge >= 0.3 is 0 Å². The zero-order chi connectivity index (χ0) is 21.8. The van der Waals surface area contributed by atoms with Crippen LogP contribution < -0.4 is 5.73 Å². The van der Waals surface area contributed by atoms with Crippen molar-refractivity contribution in [1.82, 2.24) is 9.80 Å². The van der Waals surface area contributed by atoms with Gasteiger partial charge in [0.05, 0.1) is 5.75 Å². The third-order valence-electron chi connectivity index (χ3n) is 6.08. The van der Waals surface area contributed by atoms with Crippen LogP contribution >= 0.6 is 11.8 Å². The monoisotopic (exact) mass is 437 g/mol. The maximum atomic E-state index is 12.8. The number of carbonyl (C=O) groups is 3. The van der Waals surface area contributed by atoms with Crippen LogP contribution in [0.2, 0.25) is 0 Å². The van der Waals surface area contributed by atoms with Crippen molar-refractivity contribution in [3.63, 3.8) is 0 Å². The van der Waals surface area contributed by atoms with Gasteiger partial charge in [0, 0.05) is 31.1 Å². The highest BCUT2D eigenvalue weighted by Crippen LogP contribution is 2.38. The number of nitrogens with two attached hydrogens (primary N) is 1. The number of primary amides is 1. The average Bonchev–Trinajstić information content (AvgIpc) is 3.18. The lowest BCUT2D eigenvalue weighted by atomic mass is 9.96. The van der Waals surface area contributed by atoms with Crippen LogP contribution in [0.5, 0.6) is 0 Å². The highest BCUT2D eigenvalue weighted by Gasteiger charge is 2.33. The molecule has 1 unspecified atom stereocenters. The molecule has 162 valence electrons. The average molecular weight is 438 g/mol. The van der Waals surface area contributed by atoms with Gasteiger partial charge in [0.1, 0.15) is 5.37 Å². The molecule has 2 saturated heterocycles. The van der Waals surface area contributed by atoms with Crippen LogP contribution in [0.15, 0.2) is 54.6 Å². The summed E-state index contributed by atoms with van der Waals surface area (Å²) in [5, 5.41) is -0.0216. The Bertz CT molecular complexity index is 940. The third kappa shape index (κ3) is 4.93. The first-order valence-corrected chi connectivity index (χ1v) is 11.7. The van der Waals surface area contributed by atoms with E-state index in [1.807, 2.05) is 47.4 Å². The molecular formula is C24H27N3O3S. The summed E-state index contributed by atoms with van der Waals surface area (Å²) in [5.41, 5.74) is 8.26. The summed E-state index contributed by atoms with van der Waals surface area (Å²) < 4.78 is 0. The van der Waals surface area contributed by atoms with Gasteiger partial charge in [-0.3, -0.25) is 14.4 Å². The van der Waals surface area contributed by atoms with E-state index in [9.17, 15) is 14.4 Å². The minimum absolute atomic E-state index is 0.0216. The number of carbonyl (C=O) groups excluding carboxylic acids is 3. The topological polar surface area (TPSA) is 83.7 Å². The van der Waals surface area contributed by atoms with Gasteiger partial charge in [-0.25, -0.2) is 0 Å². The molecule has 2 aliphatic heterocycles. The smallest absolute Gasteiger partial charge is 0.253 e. The van der Waals surface area contributed by atoms with E-state index in [4.69, 9.17) is 5.73 Å². The summed E-state index contributed by atoms with van der Waals surface area (Å²) in [6.45, 7) is 1.78. The molecule has 31 heavy (non-hydrogen) atoms. The summed E-state index contributed by atoms with van der Waals surface area (Å²) in [6, 6.07) is 17.8. The molecule has 4 rings (SSSR count). The number of rotatable bonds is 6. The van der Waals surface area contributed by atoms with Gasteiger partial charge in [0.25, 0.3) is 5.91 Å². The second-order valence-corrected chi connectivity index (χ2v) is 9.15. The van der Waals surface area contributed by atoms with Crippen molar-refractivity contribution in [2.45, 2.75) is 24.6 Å². The maximum Gasteiger partial charge on any atom is 0.253 e. The fourth-order valence-electron chi connectivity index (χ4n) is 4.21. The Labute approximate surface area is 186 Å². The number of benzene rings is 2. The van der Waals surface area contributed by atoms with E-state index in [0.717, 1.165) is 12.0 Å². The Hall–Kier alpha value is -2.80. The van der Waals surface area contributed by atoms with Crippen molar-refractivity contribution in [3.05, 3.63) is 71.3 Å². The quantitative estimate of drug-likeness (QED) is 0.753. The van der Waals surface area contributed by atoms with Crippen molar-refractivity contribution in [2.75, 3.05) is 25.4 Å². The lowest BCUT2D eigenvalue weighted by Gasteiger charge is -2.30. The second-order valence-electron chi connectivity index (χ2n) is 8.08. The molecular weight excluding hydrogens is 410 g/mol. The first kappa shape index (κ1) is 21.4. The van der Waals surface area contributed by atoms with E-state index in [0.29, 0.717) is 43.8 Å². The number of hydrogen-bond acceptors (Lipinski definition) is 4. The SMILES string of the molecule is NC(=O)C1CCN(C(=O)c2ccc(C3SCC(=O)N3CCc3ccccc3)cc2)CC1. The predicted molar refractivity (Wildman–Crippen MR) is 121 cm³/mol. The van der Waals surface area contributed by atoms with Crippen molar-refractivity contribution in [3.8, 4) is 0 Å². The van der Waals surface area contributed by atoms with E-state index in [1.54, 1.807) is 16.7 Å². The Morgan fingerprint density at radius 3 is 2.32 bits per heavy atom. The van der Waals surface area contributed by atoms with Crippen LogP contribution in [0.4, 0.5) is 0 Å². The van der Waals surface area contributed by atoms with Crippen molar-refractivity contribution < 1.29 is 14.4 Å². The van der Waals surface area contributed by atoms with E-state index < -0.39 is 0 Å². The lowest BCUT2D eigenvalue weighted by molar-refractivity contribution is -0.128. The molecule has 3 amide bonds. The molecule has 2 N–H and O–H groups in total. The fourth-order valence-corrected chi connectivity index (χ4v) is 5.43. The summed E-state index contributed by atoms with van der Waals surface area (Å²) in [5.74, 6) is 0.200. The summed E-state index contributed by atoms with van der Waals surface area (Å²) in [6.07, 6.45) is 2.06. The maximum absolute atomic E-state index is 12.8. The van der Waals surface area contributed by atoms with Crippen molar-refractivity contribution >= 4 is 29.5 Å². The van der Waals surface area contributed by atoms with Crippen LogP contribution in [0, 0.1) is 5.92 Å². The molecule has 2 aromatic carbocycles. The molecule has 2 fully saturated rings. The minimum atomic E-state index is -0.281. The molecule has 2 heterocycles. The Balaban J connectivity index is 1.39. The molecule has 6 nitrogen and oxygen atoms in total. The fraction of sp³-hybridized carbons (Fsp3) is 0.375. The highest BCUT2D eigenvalue weighted by atomic mass is 32.2. The molecule has 7 heteroatoms. The molecule has 0 aliphatic carbocycles. The lowest BCUT2D eigenvalue weighted by Crippen LogP contribution is -2.41. The molecule has 1 atom stereocenters. The number of piperidine rings is 1. The summed E-state index contributed by atoms with van der Waals surface area (Å²) in [7, 11) is 0. The van der Waals surface area contributed by atoms with Gasteiger partial charge in [-0.05, 0) is 42.5 Å². The molecule has 2 aliphatic rings. The van der Waals surface area contributed by atoms with Gasteiger partial charge in [0.15, 0.2) is 0 Å². The van der Waals surface area contributed by atoms with Gasteiger partial charge in [-0.15, -0.1) is 11.8 Å². The number of hydrogen-bond donors (Lipinski definition) is 1. The van der Waals surface area contributed by atoms with E-state index in [2.05, 4.69) is 12.1 Å². The zero-order valence-corrected chi connectivity index (χ0v) is 18.2. The highest BCUT2D eigenvalue weighted by molar-refractivity contribution is 8.00. The second kappa shape index (κ2) is 9.56. The molecule has 0 bridgehead atoms. The molecule has 0 spiro atoms. The first-order chi connectivity index (χ1) is 15.0. The molecule has 2 aromatic rings. The van der Waals surface area contributed by atoms with Gasteiger partial charge in [-0.2, -0.15) is 0 Å². The van der Waals surface area contributed by atoms with Crippen LogP contribution in [0.1, 0.15) is 39.7 Å². The number of nitrogens with zero attached hydrogens (tertiary/aromatic N) is 2. The van der Waals surface area contributed by atoms with E-state index >= 15 is 0 Å². The van der Waals surface area contributed by atoms with E-state index in [1.165, 1.54) is 5.56 Å². The number of thioether (sulfide) groups is 1. The number of likely N-dealkylation sites (tertiary alicyclic amines) is 1. The van der Waals surface area contributed by atoms with Crippen LogP contribution in [0.3, 0.4) is 0 Å². The first-order valence-electron chi connectivity index (χ1n) is 10.7. The van der Waals surface area contributed by atoms with Crippen LogP contribution in [0.25, 0.3) is 0 Å². The van der Waals surface area contributed by atoms with E-state index in [-0.39, 0.29) is 29.0 Å². The zero-order valence-electron chi connectivity index (χ0n) is 17.4.